The van der Waals surface area contributed by atoms with E-state index < -0.39 is 0 Å². The van der Waals surface area contributed by atoms with E-state index in [0.717, 1.165) is 44.9 Å². The normalized spacial score (nSPS) is 7.95. The van der Waals surface area contributed by atoms with Gasteiger partial charge in [0, 0.05) is 13.6 Å². The van der Waals surface area contributed by atoms with E-state index in [2.05, 4.69) is 72.6 Å². The summed E-state index contributed by atoms with van der Waals surface area (Å²) in [6, 6.07) is 0.0995. The van der Waals surface area contributed by atoms with Crippen molar-refractivity contribution in [1.82, 2.24) is 0 Å². The smallest absolute Gasteiger partial charge is 0.211 e. The molecule has 0 fully saturated rings. The van der Waals surface area contributed by atoms with Crippen molar-refractivity contribution in [2.75, 3.05) is 46.3 Å². The number of aliphatic imine (C=N–C) groups is 9. The molecule has 0 aliphatic carbocycles. The van der Waals surface area contributed by atoms with E-state index >= 15 is 0 Å². The summed E-state index contributed by atoms with van der Waals surface area (Å²) in [5, 5.41) is 0. The second kappa shape index (κ2) is 91.9. The summed E-state index contributed by atoms with van der Waals surface area (Å²) < 4.78 is 0. The second-order valence-corrected chi connectivity index (χ2v) is 13.3. The quantitative estimate of drug-likeness (QED) is 0.0535. The number of hydrogen-bond acceptors (Lipinski definition) is 18. The third kappa shape index (κ3) is 181. The van der Waals surface area contributed by atoms with E-state index in [9.17, 15) is 33.6 Å². The molecule has 63 heavy (non-hydrogen) atoms. The molecular formula is C45H81N9O9. The van der Waals surface area contributed by atoms with Crippen LogP contribution in [0.5, 0.6) is 0 Å². The van der Waals surface area contributed by atoms with Crippen LogP contribution in [0.4, 0.5) is 0 Å². The van der Waals surface area contributed by atoms with E-state index in [-0.39, 0.29) is 11.6 Å². The second-order valence-electron chi connectivity index (χ2n) is 13.3. The molecule has 0 spiro atoms. The molecule has 0 saturated carbocycles. The fraction of sp³-hybridized carbons (Fsp3) is 0.800. The fourth-order valence-corrected chi connectivity index (χ4v) is 2.91. The third-order valence-corrected chi connectivity index (χ3v) is 5.91. The molecule has 0 rings (SSSR count). The van der Waals surface area contributed by atoms with E-state index in [4.69, 9.17) is 9.59 Å². The lowest BCUT2D eigenvalue weighted by molar-refractivity contribution is 0.534. The summed E-state index contributed by atoms with van der Waals surface area (Å²) in [6.45, 7) is 25.2. The molecule has 0 aromatic carbocycles. The number of isocyanates is 9. The van der Waals surface area contributed by atoms with Crippen LogP contribution in [0.2, 0.25) is 0 Å². The minimum absolute atomic E-state index is 0.0995. The van der Waals surface area contributed by atoms with E-state index in [1.54, 1.807) is 13.0 Å². The molecule has 0 aliphatic heterocycles. The van der Waals surface area contributed by atoms with Gasteiger partial charge >= 0.3 is 0 Å². The Morgan fingerprint density at radius 1 is 0.365 bits per heavy atom. The van der Waals surface area contributed by atoms with Gasteiger partial charge < -0.3 is 0 Å². The molecule has 0 aromatic rings. The van der Waals surface area contributed by atoms with Gasteiger partial charge in [-0.05, 0) is 73.6 Å². The van der Waals surface area contributed by atoms with Crippen LogP contribution in [0.15, 0.2) is 44.9 Å². The zero-order chi connectivity index (χ0) is 50.4. The lowest BCUT2D eigenvalue weighted by Gasteiger charge is -2.05. The molecule has 18 heteroatoms. The standard InChI is InChI=1S/C9H17NO.C7H13NO.C6H11NO.2C5H9NO.2C4H7NO.C3H5NO.C2H3NO/c1-2-3-4-5-6-7-8-10-9-11;1-2-3-4-5-6-8-7-9;1-2-3-4-5-7-6-8;1-5(2,3)6-4-7;1-2-3-4-6-5-7;1-4(2)5-3-6;1-2-3-5-4-6;1-2-4-3-5;1-3-2-4/h2-8H2,1H3;2-6H2,1H3;2-5H2,1H3;1-3H3;2-4H2,1H3;4H,1-2H3;2-3H2,1H3;2H2,1H3;1H3. The Morgan fingerprint density at radius 3 is 0.873 bits per heavy atom. The van der Waals surface area contributed by atoms with Crippen LogP contribution in [0.3, 0.4) is 0 Å². The molecule has 0 amide bonds. The van der Waals surface area contributed by atoms with Crippen LogP contribution >= 0.6 is 0 Å². The Bertz CT molecular complexity index is 1350. The maximum absolute atomic E-state index is 9.65. The van der Waals surface area contributed by atoms with Crippen LogP contribution < -0.4 is 0 Å². The van der Waals surface area contributed by atoms with Crippen LogP contribution in [-0.2, 0) is 43.2 Å². The zero-order valence-electron chi connectivity index (χ0n) is 40.8. The van der Waals surface area contributed by atoms with Gasteiger partial charge in [0.25, 0.3) is 0 Å². The summed E-state index contributed by atoms with van der Waals surface area (Å²) in [4.78, 5) is 114. The zero-order valence-corrected chi connectivity index (χ0v) is 40.8. The molecular weight excluding hydrogens is 811 g/mol. The Labute approximate surface area is 378 Å². The minimum Gasteiger partial charge on any atom is -0.211 e. The van der Waals surface area contributed by atoms with Gasteiger partial charge in [0.05, 0.1) is 44.3 Å². The molecule has 0 atom stereocenters. The van der Waals surface area contributed by atoms with Crippen molar-refractivity contribution in [2.24, 2.45) is 44.9 Å². The maximum atomic E-state index is 9.65. The van der Waals surface area contributed by atoms with Gasteiger partial charge in [-0.3, -0.25) is 0 Å². The number of rotatable bonds is 23. The fourth-order valence-electron chi connectivity index (χ4n) is 2.91. The highest BCUT2D eigenvalue weighted by Crippen LogP contribution is 2.04. The number of unbranched alkanes of at least 4 members (excludes halogenated alkanes) is 11. The molecule has 0 aromatic heterocycles. The topological polar surface area (TPSA) is 265 Å². The molecule has 0 unspecified atom stereocenters. The van der Waals surface area contributed by atoms with Gasteiger partial charge in [-0.2, -0.15) is 0 Å². The molecule has 0 bridgehead atoms. The van der Waals surface area contributed by atoms with Gasteiger partial charge in [-0.1, -0.05) is 105 Å². The SMILES string of the molecule is CC(C)(C)N=C=O.CC(C)N=C=O.CCCCCCCCN=C=O.CCCCCCN=C=O.CCCCCN=C=O.CCCCN=C=O.CCCN=C=O.CCN=C=O.CN=C=O. The first-order valence-electron chi connectivity index (χ1n) is 21.6. The van der Waals surface area contributed by atoms with Gasteiger partial charge in [0.2, 0.25) is 54.7 Å². The molecule has 0 aliphatic rings. The van der Waals surface area contributed by atoms with Crippen molar-refractivity contribution in [2.45, 2.75) is 190 Å². The first kappa shape index (κ1) is 78.0. The maximum Gasteiger partial charge on any atom is 0.235 e. The summed E-state index contributed by atoms with van der Waals surface area (Å²) >= 11 is 0. The van der Waals surface area contributed by atoms with Gasteiger partial charge in [0.15, 0.2) is 0 Å². The van der Waals surface area contributed by atoms with Crippen molar-refractivity contribution >= 4 is 54.7 Å². The number of carbonyl (C=O) groups excluding carboxylic acids is 9. The summed E-state index contributed by atoms with van der Waals surface area (Å²) in [5.41, 5.74) is -0.248. The van der Waals surface area contributed by atoms with E-state index in [0.29, 0.717) is 39.3 Å². The van der Waals surface area contributed by atoms with Crippen LogP contribution in [0.1, 0.15) is 179 Å². The summed E-state index contributed by atoms with van der Waals surface area (Å²) in [5.74, 6) is 0. The average molecular weight is 892 g/mol. The van der Waals surface area contributed by atoms with E-state index in [1.165, 1.54) is 113 Å². The van der Waals surface area contributed by atoms with Crippen molar-refractivity contribution < 1.29 is 43.2 Å². The first-order chi connectivity index (χ1) is 30.2. The van der Waals surface area contributed by atoms with Crippen molar-refractivity contribution in [3.05, 3.63) is 0 Å². The predicted molar refractivity (Wildman–Crippen MR) is 251 cm³/mol. The monoisotopic (exact) mass is 892 g/mol. The Morgan fingerprint density at radius 2 is 0.667 bits per heavy atom. The summed E-state index contributed by atoms with van der Waals surface area (Å²) in [7, 11) is 1.38. The van der Waals surface area contributed by atoms with Crippen LogP contribution in [0, 0.1) is 0 Å². The van der Waals surface area contributed by atoms with Gasteiger partial charge in [0.1, 0.15) is 0 Å². The highest BCUT2D eigenvalue weighted by molar-refractivity contribution is 5.35. The molecule has 0 saturated heterocycles. The average Bonchev–Trinajstić information content (AvgIpc) is 3.26. The third-order valence-electron chi connectivity index (χ3n) is 5.91. The van der Waals surface area contributed by atoms with Crippen molar-refractivity contribution in [3.8, 4) is 0 Å². The number of hydrogen-bond donors (Lipinski definition) is 0. The van der Waals surface area contributed by atoms with Gasteiger partial charge in [-0.25, -0.2) is 88.1 Å². The van der Waals surface area contributed by atoms with E-state index in [1.807, 2.05) is 41.5 Å². The minimum atomic E-state index is -0.248. The first-order valence-corrected chi connectivity index (χ1v) is 21.6. The lowest BCUT2D eigenvalue weighted by atomic mass is 10.1. The Hall–Kier alpha value is -5.58. The van der Waals surface area contributed by atoms with Crippen molar-refractivity contribution in [3.63, 3.8) is 0 Å². The largest absolute Gasteiger partial charge is 0.235 e. The molecule has 0 N–H and O–H groups in total. The molecule has 0 heterocycles. The Balaban J connectivity index is -0.0000000754. The number of nitrogens with zero attached hydrogens (tertiary/aromatic N) is 9. The van der Waals surface area contributed by atoms with Crippen LogP contribution in [-0.4, -0.2) is 113 Å². The lowest BCUT2D eigenvalue weighted by Crippen LogP contribution is -2.07. The Kier molecular flexibility index (Phi) is 114. The summed E-state index contributed by atoms with van der Waals surface area (Å²) in [6.07, 6.45) is 31.6. The predicted octanol–water partition coefficient (Wildman–Crippen LogP) is 10.1. The molecule has 360 valence electrons. The van der Waals surface area contributed by atoms with Crippen LogP contribution in [0.25, 0.3) is 0 Å². The highest BCUT2D eigenvalue weighted by atomic mass is 16.1. The highest BCUT2D eigenvalue weighted by Gasteiger charge is 2.04. The molecule has 0 radical (unpaired) electrons. The molecule has 18 nitrogen and oxygen atoms in total. The van der Waals surface area contributed by atoms with Gasteiger partial charge in [-0.15, -0.1) is 0 Å². The van der Waals surface area contributed by atoms with Crippen molar-refractivity contribution in [1.29, 1.82) is 0 Å².